The van der Waals surface area contributed by atoms with Gasteiger partial charge in [-0.3, -0.25) is 5.10 Å². The van der Waals surface area contributed by atoms with E-state index in [-0.39, 0.29) is 5.75 Å². The number of rotatable bonds is 6. The first-order valence-electron chi connectivity index (χ1n) is 11.6. The van der Waals surface area contributed by atoms with E-state index in [1.165, 1.54) is 28.3 Å². The number of aryl methyl sites for hydroxylation is 1. The zero-order valence-corrected chi connectivity index (χ0v) is 21.8. The number of carbonyl (C=O) groups is 2. The van der Waals surface area contributed by atoms with E-state index < -0.39 is 0 Å². The fourth-order valence-corrected chi connectivity index (χ4v) is 4.96. The molecule has 0 atom stereocenters. The monoisotopic (exact) mass is 516 g/mol. The second kappa shape index (κ2) is 15.0. The number of aromatic nitrogens is 2. The number of hydrogen-bond acceptors (Lipinski definition) is 7. The highest BCUT2D eigenvalue weighted by molar-refractivity contribution is 7.18. The Morgan fingerprint density at radius 3 is 2.27 bits per heavy atom. The molecule has 0 saturated carbocycles. The van der Waals surface area contributed by atoms with Crippen molar-refractivity contribution in [2.75, 3.05) is 12.4 Å². The van der Waals surface area contributed by atoms with Crippen LogP contribution in [0.25, 0.3) is 32.5 Å². The van der Waals surface area contributed by atoms with Crippen molar-refractivity contribution in [3.63, 3.8) is 0 Å². The van der Waals surface area contributed by atoms with Crippen LogP contribution in [0.15, 0.2) is 78.2 Å². The standard InChI is InChI=1S/C26H23N3OS.CH5N.2CH2O/c1-2-4-17-7-11-19(12-8-17)27-25-15-24(28-29-25)23-16-31-26-21(5-3-6-22(23)26)18-9-13-20(30)14-10-18;3*1-2/h3,5-16,30H,2,4H2,1H3,(H2,27,28,29);2H2,1H3;2*1H2. The van der Waals surface area contributed by atoms with Crippen LogP contribution in [0.5, 0.6) is 5.75 Å². The Kier molecular flexibility index (Phi) is 11.7. The quantitative estimate of drug-likeness (QED) is 0.203. The Hall–Kier alpha value is -4.27. The van der Waals surface area contributed by atoms with Crippen LogP contribution in [-0.4, -0.2) is 35.9 Å². The predicted molar refractivity (Wildman–Crippen MR) is 155 cm³/mol. The molecule has 0 aliphatic rings. The number of benzene rings is 3. The van der Waals surface area contributed by atoms with E-state index in [4.69, 9.17) is 9.59 Å². The lowest BCUT2D eigenvalue weighted by Crippen LogP contribution is -1.91. The first kappa shape index (κ1) is 29.0. The third kappa shape index (κ3) is 7.13. The number of thiophene rings is 1. The molecule has 0 amide bonds. The van der Waals surface area contributed by atoms with Crippen LogP contribution in [0.2, 0.25) is 0 Å². The van der Waals surface area contributed by atoms with Crippen LogP contribution in [-0.2, 0) is 16.0 Å². The maximum atomic E-state index is 9.60. The van der Waals surface area contributed by atoms with E-state index in [0.717, 1.165) is 41.2 Å². The minimum atomic E-state index is 0.278. The third-order valence-corrected chi connectivity index (χ3v) is 6.44. The van der Waals surface area contributed by atoms with Gasteiger partial charge in [0.05, 0.1) is 5.69 Å². The molecule has 0 bridgehead atoms. The van der Waals surface area contributed by atoms with Crippen LogP contribution in [0.4, 0.5) is 11.5 Å². The summed E-state index contributed by atoms with van der Waals surface area (Å²) in [6.45, 7) is 6.19. The number of phenols is 1. The van der Waals surface area contributed by atoms with Gasteiger partial charge >= 0.3 is 0 Å². The van der Waals surface area contributed by atoms with E-state index in [9.17, 15) is 5.11 Å². The second-order valence-corrected chi connectivity index (χ2v) is 8.50. The molecule has 0 fully saturated rings. The van der Waals surface area contributed by atoms with Crippen molar-refractivity contribution in [2.45, 2.75) is 19.8 Å². The van der Waals surface area contributed by atoms with Crippen LogP contribution in [0.1, 0.15) is 18.9 Å². The smallest absolute Gasteiger partial charge is 0.152 e. The van der Waals surface area contributed by atoms with Crippen LogP contribution >= 0.6 is 11.3 Å². The first-order valence-corrected chi connectivity index (χ1v) is 12.5. The molecule has 3 aromatic carbocycles. The number of carbonyl (C=O) groups excluding carboxylic acids is 2. The van der Waals surface area contributed by atoms with E-state index in [1.807, 2.05) is 25.7 Å². The second-order valence-electron chi connectivity index (χ2n) is 7.62. The summed E-state index contributed by atoms with van der Waals surface area (Å²) in [7, 11) is 1.50. The molecule has 7 nitrogen and oxygen atoms in total. The maximum Gasteiger partial charge on any atom is 0.152 e. The molecule has 0 aliphatic heterocycles. The molecule has 0 aliphatic carbocycles. The first-order chi connectivity index (χ1) is 18.2. The van der Waals surface area contributed by atoms with Crippen LogP contribution in [0, 0.1) is 0 Å². The fourth-order valence-electron chi connectivity index (χ4n) is 3.85. The molecule has 5 aromatic rings. The van der Waals surface area contributed by atoms with Crippen molar-refractivity contribution in [2.24, 2.45) is 5.73 Å². The summed E-state index contributed by atoms with van der Waals surface area (Å²) in [5.74, 6) is 1.08. The molecule has 192 valence electrons. The van der Waals surface area contributed by atoms with E-state index in [0.29, 0.717) is 0 Å². The van der Waals surface area contributed by atoms with Crippen molar-refractivity contribution < 1.29 is 14.7 Å². The Balaban J connectivity index is 0.000000750. The molecule has 5 rings (SSSR count). The van der Waals surface area contributed by atoms with Crippen LogP contribution in [0.3, 0.4) is 0 Å². The lowest BCUT2D eigenvalue weighted by molar-refractivity contribution is -0.0987. The van der Waals surface area contributed by atoms with Gasteiger partial charge in [-0.25, -0.2) is 0 Å². The lowest BCUT2D eigenvalue weighted by atomic mass is 10.0. The minimum absolute atomic E-state index is 0.278. The number of phenolic OH excluding ortho intramolecular Hbond substituents is 1. The molecular weight excluding hydrogens is 484 g/mol. The Labute approximate surface area is 221 Å². The van der Waals surface area contributed by atoms with Gasteiger partial charge in [-0.2, -0.15) is 5.10 Å². The van der Waals surface area contributed by atoms with Crippen molar-refractivity contribution in [1.29, 1.82) is 0 Å². The molecule has 37 heavy (non-hydrogen) atoms. The number of H-pyrrole nitrogens is 1. The van der Waals surface area contributed by atoms with Gasteiger partial charge in [0.25, 0.3) is 0 Å². The highest BCUT2D eigenvalue weighted by Crippen LogP contribution is 2.39. The molecule has 5 N–H and O–H groups in total. The average Bonchev–Trinajstić information content (AvgIpc) is 3.61. The Morgan fingerprint density at radius 2 is 1.62 bits per heavy atom. The molecular formula is C29H32N4O3S. The van der Waals surface area contributed by atoms with Crippen molar-refractivity contribution in [3.05, 3.63) is 83.7 Å². The number of nitrogens with one attached hydrogen (secondary N) is 2. The topological polar surface area (TPSA) is 121 Å². The van der Waals surface area contributed by atoms with Gasteiger partial charge in [0.1, 0.15) is 19.3 Å². The molecule has 8 heteroatoms. The Bertz CT molecular complexity index is 1360. The average molecular weight is 517 g/mol. The summed E-state index contributed by atoms with van der Waals surface area (Å²) in [6.07, 6.45) is 2.25. The fraction of sp³-hybridized carbons (Fsp3) is 0.138. The van der Waals surface area contributed by atoms with Crippen LogP contribution < -0.4 is 11.1 Å². The number of aromatic hydroxyl groups is 1. The van der Waals surface area contributed by atoms with Gasteiger partial charge in [-0.15, -0.1) is 11.3 Å². The van der Waals surface area contributed by atoms with E-state index >= 15 is 0 Å². The molecule has 0 radical (unpaired) electrons. The summed E-state index contributed by atoms with van der Waals surface area (Å²) in [4.78, 5) is 16.0. The highest BCUT2D eigenvalue weighted by atomic mass is 32.1. The maximum absolute atomic E-state index is 9.60. The number of hydrogen-bond donors (Lipinski definition) is 4. The molecule has 0 spiro atoms. The number of nitrogens with two attached hydrogens (primary N) is 1. The molecule has 0 saturated heterocycles. The normalized spacial score (nSPS) is 9.70. The van der Waals surface area contributed by atoms with Crippen molar-refractivity contribution in [1.82, 2.24) is 10.2 Å². The largest absolute Gasteiger partial charge is 0.508 e. The minimum Gasteiger partial charge on any atom is -0.508 e. The lowest BCUT2D eigenvalue weighted by Gasteiger charge is -2.04. The number of fused-ring (bicyclic) bond motifs is 1. The van der Waals surface area contributed by atoms with Gasteiger partial charge in [0, 0.05) is 32.8 Å². The number of nitrogens with zero attached hydrogens (tertiary/aromatic N) is 1. The van der Waals surface area contributed by atoms with Gasteiger partial charge in [-0.1, -0.05) is 55.8 Å². The number of anilines is 2. The summed E-state index contributed by atoms with van der Waals surface area (Å²) in [5.41, 5.74) is 11.3. The molecule has 0 unspecified atom stereocenters. The van der Waals surface area contributed by atoms with Gasteiger partial charge in [-0.05, 0) is 54.4 Å². The summed E-state index contributed by atoms with van der Waals surface area (Å²) in [6, 6.07) is 24.3. The molecule has 2 heterocycles. The highest BCUT2D eigenvalue weighted by Gasteiger charge is 2.13. The molecule has 2 aromatic heterocycles. The predicted octanol–water partition coefficient (Wildman–Crippen LogP) is 6.57. The summed E-state index contributed by atoms with van der Waals surface area (Å²) < 4.78 is 1.22. The van der Waals surface area contributed by atoms with Gasteiger partial charge in [0.2, 0.25) is 0 Å². The van der Waals surface area contributed by atoms with E-state index in [1.54, 1.807) is 23.5 Å². The Morgan fingerprint density at radius 1 is 0.946 bits per heavy atom. The third-order valence-electron chi connectivity index (χ3n) is 5.41. The van der Waals surface area contributed by atoms with E-state index in [2.05, 4.69) is 82.1 Å². The summed E-state index contributed by atoms with van der Waals surface area (Å²) in [5, 5.41) is 24.0. The van der Waals surface area contributed by atoms with Gasteiger partial charge in [0.15, 0.2) is 5.82 Å². The zero-order chi connectivity index (χ0) is 27.2. The zero-order valence-electron chi connectivity index (χ0n) is 21.0. The summed E-state index contributed by atoms with van der Waals surface area (Å²) >= 11 is 1.72. The number of aromatic amines is 1. The van der Waals surface area contributed by atoms with Gasteiger partial charge < -0.3 is 25.7 Å². The SMILES string of the molecule is C=O.C=O.CCCc1ccc(Nc2cc(-c3csc4c(-c5ccc(O)cc5)cccc34)[nH]n2)cc1.CN. The van der Waals surface area contributed by atoms with Crippen molar-refractivity contribution in [3.8, 4) is 28.1 Å². The van der Waals surface area contributed by atoms with Crippen molar-refractivity contribution >= 4 is 46.5 Å².